The number of benzene rings is 6. The highest BCUT2D eigenvalue weighted by molar-refractivity contribution is 6.19. The summed E-state index contributed by atoms with van der Waals surface area (Å²) in [4.78, 5) is 12.2. The van der Waals surface area contributed by atoms with Crippen molar-refractivity contribution in [3.05, 3.63) is 184 Å². The van der Waals surface area contributed by atoms with Crippen molar-refractivity contribution in [3.8, 4) is 11.1 Å². The average Bonchev–Trinajstić information content (AvgIpc) is 3.35. The van der Waals surface area contributed by atoms with Crippen LogP contribution in [0.25, 0.3) is 54.6 Å². The molecule has 240 valence electrons. The molecule has 0 aromatic heterocycles. The molecule has 0 fully saturated rings. The van der Waals surface area contributed by atoms with E-state index in [1.54, 1.807) is 13.0 Å². The van der Waals surface area contributed by atoms with E-state index in [9.17, 15) is 15.1 Å². The first kappa shape index (κ1) is 31.6. The number of hydrogen-bond acceptors (Lipinski definition) is 4. The summed E-state index contributed by atoms with van der Waals surface area (Å²) in [6.45, 7) is 3.67. The Morgan fingerprint density at radius 1 is 0.755 bits per heavy atom. The number of allylic oxidation sites excluding steroid dienone is 8. The van der Waals surface area contributed by atoms with E-state index >= 15 is 0 Å². The molecule has 6 aromatic rings. The van der Waals surface area contributed by atoms with Gasteiger partial charge in [0.2, 0.25) is 0 Å². The van der Waals surface area contributed by atoms with Crippen LogP contribution in [0.2, 0.25) is 0 Å². The Morgan fingerprint density at radius 2 is 1.41 bits per heavy atom. The van der Waals surface area contributed by atoms with Crippen LogP contribution in [0, 0.1) is 4.91 Å². The second kappa shape index (κ2) is 13.6. The van der Waals surface area contributed by atoms with Gasteiger partial charge in [0.1, 0.15) is 5.70 Å². The van der Waals surface area contributed by atoms with E-state index in [0.29, 0.717) is 12.1 Å². The van der Waals surface area contributed by atoms with E-state index in [4.69, 9.17) is 0 Å². The van der Waals surface area contributed by atoms with Crippen molar-refractivity contribution in [3.63, 3.8) is 0 Å². The smallest absolute Gasteiger partial charge is 0.112 e. The normalized spacial score (nSPS) is 14.7. The molecular formula is C45H37NO3. The average molecular weight is 640 g/mol. The Balaban J connectivity index is 1.37. The Labute approximate surface area is 286 Å². The van der Waals surface area contributed by atoms with Crippen LogP contribution < -0.4 is 0 Å². The summed E-state index contributed by atoms with van der Waals surface area (Å²) in [6.07, 6.45) is 10.2. The van der Waals surface area contributed by atoms with Crippen molar-refractivity contribution < 1.29 is 10.2 Å². The molecule has 49 heavy (non-hydrogen) atoms. The molecule has 6 aromatic carbocycles. The highest BCUT2D eigenvalue weighted by atomic mass is 16.3. The zero-order chi connectivity index (χ0) is 33.9. The van der Waals surface area contributed by atoms with Crippen molar-refractivity contribution in [1.29, 1.82) is 0 Å². The zero-order valence-corrected chi connectivity index (χ0v) is 27.6. The maximum atomic E-state index is 12.2. The van der Waals surface area contributed by atoms with Crippen molar-refractivity contribution in [1.82, 2.24) is 0 Å². The zero-order valence-electron chi connectivity index (χ0n) is 27.6. The highest BCUT2D eigenvalue weighted by Crippen LogP contribution is 2.45. The number of rotatable bonds is 8. The Morgan fingerprint density at radius 3 is 2.08 bits per heavy atom. The number of aliphatic hydroxyl groups is 2. The largest absolute Gasteiger partial charge is 0.513 e. The van der Waals surface area contributed by atoms with Crippen LogP contribution >= 0.6 is 0 Å². The van der Waals surface area contributed by atoms with Gasteiger partial charge in [-0.15, -0.1) is 4.91 Å². The molecule has 0 spiro atoms. The maximum absolute atomic E-state index is 12.2. The number of nitroso groups, excluding NO2 is 1. The SMILES string of the molecule is C/C(O)=C\C/C(O)=C/C(C)c1cccc(-c2c3ccccc3c(C3=CC=CC(N=O)=C(c4ccc5ccccc5c4)C3)c3ccccc23)c1. The summed E-state index contributed by atoms with van der Waals surface area (Å²) in [7, 11) is 0. The first-order valence-corrected chi connectivity index (χ1v) is 16.6. The standard InChI is InChI=1S/C45H37NO3/c1-29(25-37(48)24-21-30(2)47)32-13-9-14-35(26-32)44-38-16-5-7-18-40(38)45(41-19-8-6-17-39(41)44)36-15-10-20-43(46-49)42(28-36)34-23-22-31-11-3-4-12-33(31)27-34/h3-23,25-27,29,47-48H,24,28H2,1-2H3/b30-21+,37-25-. The molecule has 7 rings (SSSR count). The Kier molecular flexibility index (Phi) is 8.78. The Hall–Kier alpha value is -6.00. The van der Waals surface area contributed by atoms with E-state index in [0.717, 1.165) is 71.3 Å². The molecule has 2 N–H and O–H groups in total. The third kappa shape index (κ3) is 6.33. The molecule has 1 aliphatic rings. The van der Waals surface area contributed by atoms with Gasteiger partial charge in [-0.3, -0.25) is 0 Å². The summed E-state index contributed by atoms with van der Waals surface area (Å²) in [5, 5.41) is 30.4. The molecule has 0 saturated heterocycles. The molecule has 0 heterocycles. The molecule has 1 atom stereocenters. The summed E-state index contributed by atoms with van der Waals surface area (Å²) < 4.78 is 0. The fourth-order valence-corrected chi connectivity index (χ4v) is 7.05. The number of hydrogen-bond donors (Lipinski definition) is 2. The molecule has 4 nitrogen and oxygen atoms in total. The number of nitrogens with zero attached hydrogens (tertiary/aromatic N) is 1. The lowest BCUT2D eigenvalue weighted by atomic mass is 9.83. The van der Waals surface area contributed by atoms with E-state index in [1.807, 2.05) is 30.4 Å². The highest BCUT2D eigenvalue weighted by Gasteiger charge is 2.21. The van der Waals surface area contributed by atoms with Gasteiger partial charge >= 0.3 is 0 Å². The molecule has 0 bridgehead atoms. The summed E-state index contributed by atoms with van der Waals surface area (Å²) in [6, 6.07) is 40.3. The van der Waals surface area contributed by atoms with E-state index in [1.165, 1.54) is 0 Å². The monoisotopic (exact) mass is 639 g/mol. The number of fused-ring (bicyclic) bond motifs is 3. The van der Waals surface area contributed by atoms with Crippen LogP contribution in [0.1, 0.15) is 49.3 Å². The van der Waals surface area contributed by atoms with Crippen molar-refractivity contribution in [2.45, 2.75) is 32.6 Å². The summed E-state index contributed by atoms with van der Waals surface area (Å²) in [5.74, 6) is 0.379. The third-order valence-corrected chi connectivity index (χ3v) is 9.43. The van der Waals surface area contributed by atoms with Gasteiger partial charge in [-0.1, -0.05) is 128 Å². The first-order chi connectivity index (χ1) is 23.9. The van der Waals surface area contributed by atoms with Crippen LogP contribution in [0.5, 0.6) is 0 Å². The molecule has 0 saturated carbocycles. The van der Waals surface area contributed by atoms with Crippen LogP contribution in [0.4, 0.5) is 0 Å². The molecule has 1 unspecified atom stereocenters. The minimum absolute atomic E-state index is 0.0342. The predicted octanol–water partition coefficient (Wildman–Crippen LogP) is 12.7. The van der Waals surface area contributed by atoms with Gasteiger partial charge in [-0.25, -0.2) is 0 Å². The van der Waals surface area contributed by atoms with Crippen LogP contribution in [-0.4, -0.2) is 10.2 Å². The van der Waals surface area contributed by atoms with Gasteiger partial charge in [0, 0.05) is 18.8 Å². The summed E-state index contributed by atoms with van der Waals surface area (Å²) >= 11 is 0. The fraction of sp³-hybridized carbons (Fsp3) is 0.111. The quantitative estimate of drug-likeness (QED) is 0.0989. The van der Waals surface area contributed by atoms with Crippen LogP contribution in [0.15, 0.2) is 168 Å². The van der Waals surface area contributed by atoms with Crippen molar-refractivity contribution in [2.75, 3.05) is 0 Å². The number of aliphatic hydroxyl groups excluding tert-OH is 2. The maximum Gasteiger partial charge on any atom is 0.112 e. The van der Waals surface area contributed by atoms with Crippen LogP contribution in [0.3, 0.4) is 0 Å². The molecule has 1 aliphatic carbocycles. The molecule has 0 radical (unpaired) electrons. The molecule has 0 aliphatic heterocycles. The van der Waals surface area contributed by atoms with Crippen molar-refractivity contribution >= 4 is 43.5 Å². The van der Waals surface area contributed by atoms with Crippen LogP contribution in [-0.2, 0) is 0 Å². The molecular weight excluding hydrogens is 602 g/mol. The predicted molar refractivity (Wildman–Crippen MR) is 205 cm³/mol. The first-order valence-electron chi connectivity index (χ1n) is 16.6. The second-order valence-corrected chi connectivity index (χ2v) is 12.7. The second-order valence-electron chi connectivity index (χ2n) is 12.7. The lowest BCUT2D eigenvalue weighted by Gasteiger charge is -2.20. The van der Waals surface area contributed by atoms with Gasteiger partial charge in [-0.2, -0.15) is 0 Å². The third-order valence-electron chi connectivity index (χ3n) is 9.43. The summed E-state index contributed by atoms with van der Waals surface area (Å²) in [5.41, 5.74) is 7.94. The van der Waals surface area contributed by atoms with Gasteiger partial charge in [0.05, 0.1) is 11.5 Å². The topological polar surface area (TPSA) is 69.9 Å². The van der Waals surface area contributed by atoms with Gasteiger partial charge < -0.3 is 10.2 Å². The van der Waals surface area contributed by atoms with E-state index in [2.05, 4.69) is 121 Å². The molecule has 4 heteroatoms. The Bertz CT molecular complexity index is 2350. The van der Waals surface area contributed by atoms with E-state index < -0.39 is 0 Å². The van der Waals surface area contributed by atoms with Gasteiger partial charge in [-0.05, 0) is 108 Å². The minimum Gasteiger partial charge on any atom is -0.513 e. The van der Waals surface area contributed by atoms with E-state index in [-0.39, 0.29) is 23.9 Å². The van der Waals surface area contributed by atoms with Gasteiger partial charge in [0.15, 0.2) is 0 Å². The fourth-order valence-electron chi connectivity index (χ4n) is 7.05. The molecule has 0 amide bonds. The lowest BCUT2D eigenvalue weighted by Crippen LogP contribution is -1.97. The lowest BCUT2D eigenvalue weighted by molar-refractivity contribution is 0.385. The van der Waals surface area contributed by atoms with Crippen molar-refractivity contribution in [2.24, 2.45) is 5.18 Å². The van der Waals surface area contributed by atoms with Gasteiger partial charge in [0.25, 0.3) is 0 Å². The minimum atomic E-state index is -0.0342.